The van der Waals surface area contributed by atoms with E-state index in [0.717, 1.165) is 5.56 Å². The number of hydrogen-bond donors (Lipinski definition) is 2. The van der Waals surface area contributed by atoms with Gasteiger partial charge in [-0.05, 0) is 31.5 Å². The molecule has 6 nitrogen and oxygen atoms in total. The molecule has 0 saturated heterocycles. The quantitative estimate of drug-likeness (QED) is 0.831. The van der Waals surface area contributed by atoms with Crippen molar-refractivity contribution >= 4 is 17.6 Å². The first-order valence-corrected chi connectivity index (χ1v) is 7.50. The van der Waals surface area contributed by atoms with E-state index in [9.17, 15) is 9.59 Å². The van der Waals surface area contributed by atoms with E-state index in [2.05, 4.69) is 15.3 Å². The number of hydrogen-bond acceptors (Lipinski definition) is 4. The second-order valence-electron chi connectivity index (χ2n) is 5.74. The third-order valence-electron chi connectivity index (χ3n) is 3.30. The first-order chi connectivity index (χ1) is 10.9. The van der Waals surface area contributed by atoms with Crippen LogP contribution in [0.3, 0.4) is 0 Å². The van der Waals surface area contributed by atoms with Crippen molar-refractivity contribution in [2.24, 2.45) is 0 Å². The number of aromatic nitrogens is 2. The molecule has 1 heterocycles. The van der Waals surface area contributed by atoms with Crippen LogP contribution in [-0.4, -0.2) is 27.9 Å². The Morgan fingerprint density at radius 2 is 2.00 bits per heavy atom. The fourth-order valence-corrected chi connectivity index (χ4v) is 1.98. The average molecular weight is 315 g/mol. The highest BCUT2D eigenvalue weighted by atomic mass is 16.5. The Balaban J connectivity index is 1.95. The van der Waals surface area contributed by atoms with Crippen LogP contribution in [0.15, 0.2) is 30.5 Å². The van der Waals surface area contributed by atoms with Gasteiger partial charge in [-0.25, -0.2) is 9.78 Å². The van der Waals surface area contributed by atoms with Gasteiger partial charge in [0.1, 0.15) is 11.5 Å². The molecule has 1 aromatic carbocycles. The minimum Gasteiger partial charge on any atom is -0.448 e. The summed E-state index contributed by atoms with van der Waals surface area (Å²) in [6.45, 7) is 7.39. The zero-order valence-electron chi connectivity index (χ0n) is 13.7. The van der Waals surface area contributed by atoms with Crippen LogP contribution in [0.4, 0.5) is 5.69 Å². The molecule has 0 fully saturated rings. The molecule has 122 valence electrons. The van der Waals surface area contributed by atoms with Gasteiger partial charge in [0, 0.05) is 11.6 Å². The van der Waals surface area contributed by atoms with Gasteiger partial charge in [0.2, 0.25) is 0 Å². The summed E-state index contributed by atoms with van der Waals surface area (Å²) in [4.78, 5) is 31.1. The summed E-state index contributed by atoms with van der Waals surface area (Å²) in [7, 11) is 0. The Bertz CT molecular complexity index is 707. The molecule has 1 amide bonds. The molecular formula is C17H21N3O3. The molecule has 0 saturated carbocycles. The van der Waals surface area contributed by atoms with Crippen LogP contribution in [0.1, 0.15) is 48.6 Å². The van der Waals surface area contributed by atoms with Gasteiger partial charge in [0.05, 0.1) is 6.20 Å². The maximum absolute atomic E-state index is 12.1. The van der Waals surface area contributed by atoms with Gasteiger partial charge in [-0.3, -0.25) is 4.79 Å². The van der Waals surface area contributed by atoms with Crippen molar-refractivity contribution in [2.45, 2.75) is 39.7 Å². The number of rotatable bonds is 5. The second-order valence-corrected chi connectivity index (χ2v) is 5.74. The lowest BCUT2D eigenvalue weighted by Crippen LogP contribution is -2.30. The molecule has 23 heavy (non-hydrogen) atoms. The highest BCUT2D eigenvalue weighted by Gasteiger charge is 2.20. The predicted octanol–water partition coefficient (Wildman–Crippen LogP) is 3.03. The molecule has 0 radical (unpaired) electrons. The van der Waals surface area contributed by atoms with E-state index in [1.165, 1.54) is 13.1 Å². The van der Waals surface area contributed by atoms with Crippen molar-refractivity contribution < 1.29 is 14.3 Å². The molecular weight excluding hydrogens is 294 g/mol. The number of esters is 1. The minimum atomic E-state index is -0.909. The van der Waals surface area contributed by atoms with E-state index in [1.54, 1.807) is 6.07 Å². The Morgan fingerprint density at radius 1 is 1.26 bits per heavy atom. The molecule has 0 aliphatic rings. The Hall–Kier alpha value is -2.63. The number of ether oxygens (including phenoxy) is 1. The first-order valence-electron chi connectivity index (χ1n) is 7.50. The minimum absolute atomic E-state index is 0.179. The lowest BCUT2D eigenvalue weighted by atomic mass is 10.2. The average Bonchev–Trinajstić information content (AvgIpc) is 2.97. The number of benzene rings is 1. The normalized spacial score (nSPS) is 12.0. The summed E-state index contributed by atoms with van der Waals surface area (Å²) in [5.41, 5.74) is 1.94. The fraction of sp³-hybridized carbons (Fsp3) is 0.353. The lowest BCUT2D eigenvalue weighted by Gasteiger charge is -2.13. The molecule has 0 spiro atoms. The van der Waals surface area contributed by atoms with Crippen molar-refractivity contribution in [1.29, 1.82) is 0 Å². The maximum Gasteiger partial charge on any atom is 0.357 e. The molecule has 2 rings (SSSR count). The van der Waals surface area contributed by atoms with Crippen LogP contribution < -0.4 is 5.32 Å². The van der Waals surface area contributed by atoms with Crippen LogP contribution in [0.5, 0.6) is 0 Å². The van der Waals surface area contributed by atoms with E-state index in [-0.39, 0.29) is 17.5 Å². The summed E-state index contributed by atoms with van der Waals surface area (Å²) in [5.74, 6) is -0.101. The van der Waals surface area contributed by atoms with E-state index < -0.39 is 12.1 Å². The summed E-state index contributed by atoms with van der Waals surface area (Å²) in [6, 6.07) is 7.41. The number of anilines is 1. The van der Waals surface area contributed by atoms with Crippen molar-refractivity contribution in [3.8, 4) is 0 Å². The smallest absolute Gasteiger partial charge is 0.357 e. The number of nitrogens with zero attached hydrogens (tertiary/aromatic N) is 1. The van der Waals surface area contributed by atoms with Gasteiger partial charge < -0.3 is 15.0 Å². The van der Waals surface area contributed by atoms with Crippen LogP contribution in [0.2, 0.25) is 0 Å². The molecule has 6 heteroatoms. The zero-order chi connectivity index (χ0) is 17.0. The van der Waals surface area contributed by atoms with Crippen LogP contribution >= 0.6 is 0 Å². The van der Waals surface area contributed by atoms with Crippen LogP contribution in [0.25, 0.3) is 0 Å². The van der Waals surface area contributed by atoms with Gasteiger partial charge in [0.25, 0.3) is 5.91 Å². The number of H-pyrrole nitrogens is 1. The molecule has 1 unspecified atom stereocenters. The molecule has 0 aliphatic heterocycles. The monoisotopic (exact) mass is 315 g/mol. The summed E-state index contributed by atoms with van der Waals surface area (Å²) >= 11 is 0. The number of amides is 1. The summed E-state index contributed by atoms with van der Waals surface area (Å²) in [5, 5.41) is 2.72. The van der Waals surface area contributed by atoms with Crippen molar-refractivity contribution in [2.75, 3.05) is 5.32 Å². The molecule has 2 aromatic rings. The van der Waals surface area contributed by atoms with E-state index in [0.29, 0.717) is 11.5 Å². The molecule has 1 atom stereocenters. The fourth-order valence-electron chi connectivity index (χ4n) is 1.98. The third kappa shape index (κ3) is 4.42. The van der Waals surface area contributed by atoms with Crippen LogP contribution in [0, 0.1) is 6.92 Å². The molecule has 0 bridgehead atoms. The highest BCUT2D eigenvalue weighted by Crippen LogP contribution is 2.13. The predicted molar refractivity (Wildman–Crippen MR) is 87.4 cm³/mol. The van der Waals surface area contributed by atoms with Gasteiger partial charge in [-0.15, -0.1) is 0 Å². The summed E-state index contributed by atoms with van der Waals surface area (Å²) in [6.07, 6.45) is 0.511. The Morgan fingerprint density at radius 3 is 2.61 bits per heavy atom. The zero-order valence-corrected chi connectivity index (χ0v) is 13.7. The lowest BCUT2D eigenvalue weighted by molar-refractivity contribution is -0.123. The van der Waals surface area contributed by atoms with Gasteiger partial charge in [0.15, 0.2) is 6.10 Å². The first kappa shape index (κ1) is 16.7. The van der Waals surface area contributed by atoms with Gasteiger partial charge >= 0.3 is 5.97 Å². The van der Waals surface area contributed by atoms with Crippen LogP contribution in [-0.2, 0) is 9.53 Å². The highest BCUT2D eigenvalue weighted by molar-refractivity contribution is 5.96. The largest absolute Gasteiger partial charge is 0.448 e. The number of carbonyl (C=O) groups is 2. The Labute approximate surface area is 135 Å². The van der Waals surface area contributed by atoms with Gasteiger partial charge in [-0.1, -0.05) is 26.0 Å². The Kier molecular flexibility index (Phi) is 5.16. The van der Waals surface area contributed by atoms with E-state index in [1.807, 2.05) is 39.0 Å². The number of aryl methyl sites for hydroxylation is 1. The number of carbonyl (C=O) groups excluding carboxylic acids is 2. The summed E-state index contributed by atoms with van der Waals surface area (Å²) < 4.78 is 5.17. The topological polar surface area (TPSA) is 84.1 Å². The molecule has 0 aliphatic carbocycles. The van der Waals surface area contributed by atoms with Crippen molar-refractivity contribution in [3.05, 3.63) is 47.5 Å². The standard InChI is InChI=1S/C17H21N3O3/c1-10(2)15-18-9-14(20-15)17(22)23-12(4)16(21)19-13-7-5-6-11(3)8-13/h5-10,12H,1-4H3,(H,18,20)(H,19,21). The molecule has 2 N–H and O–H groups in total. The number of imidazole rings is 1. The second kappa shape index (κ2) is 7.09. The van der Waals surface area contributed by atoms with E-state index in [4.69, 9.17) is 4.74 Å². The maximum atomic E-state index is 12.1. The van der Waals surface area contributed by atoms with E-state index >= 15 is 0 Å². The number of nitrogens with one attached hydrogen (secondary N) is 2. The number of aromatic amines is 1. The molecule has 1 aromatic heterocycles. The van der Waals surface area contributed by atoms with Crippen molar-refractivity contribution in [3.63, 3.8) is 0 Å². The SMILES string of the molecule is Cc1cccc(NC(=O)C(C)OC(=O)c2cnc(C(C)C)[nH]2)c1. The van der Waals surface area contributed by atoms with Gasteiger partial charge in [-0.2, -0.15) is 0 Å². The third-order valence-corrected chi connectivity index (χ3v) is 3.30. The van der Waals surface area contributed by atoms with Crippen molar-refractivity contribution in [1.82, 2.24) is 9.97 Å².